The Kier molecular flexibility index (Phi) is 0.453. The molecule has 0 amide bonds. The summed E-state index contributed by atoms with van der Waals surface area (Å²) >= 11 is 0. The first-order valence-electron chi connectivity index (χ1n) is 1.50. The van der Waals surface area contributed by atoms with Crippen molar-refractivity contribution in [3.8, 4) is 0 Å². The largest absolute Gasteiger partial charge is 0.297 e. The third kappa shape index (κ3) is 0.281. The molecule has 1 aliphatic rings. The molecule has 0 radical (unpaired) electrons. The Morgan fingerprint density at radius 3 is 3.20 bits per heavy atom. The van der Waals surface area contributed by atoms with Crippen molar-refractivity contribution in [2.24, 2.45) is 5.10 Å². The van der Waals surface area contributed by atoms with Crippen LogP contribution in [-0.2, 0) is 0 Å². The van der Waals surface area contributed by atoms with Crippen molar-refractivity contribution in [1.29, 1.82) is 0 Å². The van der Waals surface area contributed by atoms with E-state index in [-0.39, 0.29) is 0 Å². The summed E-state index contributed by atoms with van der Waals surface area (Å²) in [5, 5.41) is 3.53. The van der Waals surface area contributed by atoms with Gasteiger partial charge < -0.3 is 0 Å². The Bertz CT molecular complexity index is 70.9. The Labute approximate surface area is 30.2 Å². The standard InChI is InChI=1S/C3H4N2/c1-2-4-5-3-1/h1,4H,2H2. The zero-order chi connectivity index (χ0) is 3.54. The van der Waals surface area contributed by atoms with Gasteiger partial charge in [0.25, 0.3) is 0 Å². The lowest BCUT2D eigenvalue weighted by atomic mass is 10.7. The Morgan fingerprint density at radius 2 is 3.00 bits per heavy atom. The molecular weight excluding hydrogens is 64.0 g/mol. The monoisotopic (exact) mass is 68.0 g/mol. The van der Waals surface area contributed by atoms with E-state index in [1.807, 2.05) is 6.08 Å². The topological polar surface area (TPSA) is 24.4 Å². The van der Waals surface area contributed by atoms with Gasteiger partial charge in [0.05, 0.1) is 6.54 Å². The van der Waals surface area contributed by atoms with Crippen LogP contribution in [0, 0.1) is 0 Å². The molecule has 0 bridgehead atoms. The second-order valence-electron chi connectivity index (χ2n) is 0.807. The first-order chi connectivity index (χ1) is 2.50. The van der Waals surface area contributed by atoms with Gasteiger partial charge in [0.2, 0.25) is 0 Å². The van der Waals surface area contributed by atoms with Crippen molar-refractivity contribution in [2.45, 2.75) is 0 Å². The maximum atomic E-state index is 3.53. The highest BCUT2D eigenvalue weighted by atomic mass is 15.3. The predicted molar refractivity (Wildman–Crippen MR) is 20.0 cm³/mol. The van der Waals surface area contributed by atoms with Gasteiger partial charge in [0.15, 0.2) is 0 Å². The maximum absolute atomic E-state index is 3.53. The normalized spacial score (nSPS) is 16.0. The number of hydrazone groups is 1. The average Bonchev–Trinajstić information content (AvgIpc) is 1.76. The predicted octanol–water partition coefficient (Wildman–Crippen LogP) is -0.270. The molecule has 26 valence electrons. The summed E-state index contributed by atoms with van der Waals surface area (Å²) in [4.78, 5) is 0. The van der Waals surface area contributed by atoms with Crippen LogP contribution in [0.2, 0.25) is 0 Å². The zero-order valence-electron chi connectivity index (χ0n) is 2.73. The summed E-state index contributed by atoms with van der Waals surface area (Å²) in [5.74, 6) is 2.61. The first kappa shape index (κ1) is 2.49. The summed E-state index contributed by atoms with van der Waals surface area (Å²) in [7, 11) is 0. The Hall–Kier alpha value is -0.750. The molecule has 1 heterocycles. The summed E-state index contributed by atoms with van der Waals surface area (Å²) in [6, 6.07) is 0. The van der Waals surface area contributed by atoms with Gasteiger partial charge >= 0.3 is 0 Å². The van der Waals surface area contributed by atoms with Crippen LogP contribution in [-0.4, -0.2) is 12.4 Å². The van der Waals surface area contributed by atoms with Crippen LogP contribution in [0.1, 0.15) is 0 Å². The number of hydrogen-bond donors (Lipinski definition) is 1. The van der Waals surface area contributed by atoms with E-state index in [2.05, 4.69) is 16.4 Å². The first-order valence-corrected chi connectivity index (χ1v) is 1.50. The molecule has 2 nitrogen and oxygen atoms in total. The molecule has 0 atom stereocenters. The summed E-state index contributed by atoms with van der Waals surface area (Å²) in [5.41, 5.74) is 2.68. The summed E-state index contributed by atoms with van der Waals surface area (Å²) < 4.78 is 0. The number of nitrogens with zero attached hydrogens (tertiary/aromatic N) is 1. The van der Waals surface area contributed by atoms with Gasteiger partial charge in [-0.3, -0.25) is 5.43 Å². The van der Waals surface area contributed by atoms with Gasteiger partial charge in [-0.25, -0.2) is 0 Å². The molecule has 0 aromatic carbocycles. The fourth-order valence-corrected chi connectivity index (χ4v) is 0.228. The van der Waals surface area contributed by atoms with Crippen molar-refractivity contribution in [1.82, 2.24) is 5.43 Å². The molecule has 1 aliphatic heterocycles. The molecule has 0 spiro atoms. The summed E-state index contributed by atoms with van der Waals surface area (Å²) in [6.45, 7) is 0.847. The van der Waals surface area contributed by atoms with E-state index in [1.165, 1.54) is 0 Å². The fourth-order valence-electron chi connectivity index (χ4n) is 0.228. The van der Waals surface area contributed by atoms with E-state index in [0.29, 0.717) is 0 Å². The lowest BCUT2D eigenvalue weighted by Gasteiger charge is -1.74. The van der Waals surface area contributed by atoms with Crippen molar-refractivity contribution in [3.05, 3.63) is 6.08 Å². The molecular formula is C3H4N2. The van der Waals surface area contributed by atoms with E-state index < -0.39 is 0 Å². The zero-order valence-corrected chi connectivity index (χ0v) is 2.73. The molecule has 1 N–H and O–H groups in total. The van der Waals surface area contributed by atoms with E-state index in [1.54, 1.807) is 0 Å². The third-order valence-corrected chi connectivity index (χ3v) is 0.428. The third-order valence-electron chi connectivity index (χ3n) is 0.428. The lowest BCUT2D eigenvalue weighted by molar-refractivity contribution is 0.858. The van der Waals surface area contributed by atoms with Crippen LogP contribution in [0.5, 0.6) is 0 Å². The molecule has 0 aromatic rings. The van der Waals surface area contributed by atoms with Crippen LogP contribution in [0.25, 0.3) is 0 Å². The molecule has 1 rings (SSSR count). The lowest BCUT2D eigenvalue weighted by Crippen LogP contribution is -1.96. The van der Waals surface area contributed by atoms with E-state index in [0.717, 1.165) is 6.54 Å². The van der Waals surface area contributed by atoms with Crippen molar-refractivity contribution >= 4 is 5.87 Å². The molecule has 0 saturated heterocycles. The molecule has 0 unspecified atom stereocenters. The Balaban J connectivity index is 2.64. The average molecular weight is 68.1 g/mol. The number of rotatable bonds is 0. The van der Waals surface area contributed by atoms with Crippen LogP contribution < -0.4 is 5.43 Å². The molecule has 0 fully saturated rings. The minimum Gasteiger partial charge on any atom is -0.297 e. The van der Waals surface area contributed by atoms with Gasteiger partial charge in [-0.1, -0.05) is 0 Å². The van der Waals surface area contributed by atoms with Gasteiger partial charge in [-0.05, 0) is 6.08 Å². The quantitative estimate of drug-likeness (QED) is 0.415. The maximum Gasteiger partial charge on any atom is 0.0607 e. The van der Waals surface area contributed by atoms with Crippen LogP contribution in [0.4, 0.5) is 0 Å². The fraction of sp³-hybridized carbons (Fsp3) is 0.333. The smallest absolute Gasteiger partial charge is 0.0607 e. The second-order valence-corrected chi connectivity index (χ2v) is 0.807. The Morgan fingerprint density at radius 1 is 2.00 bits per heavy atom. The van der Waals surface area contributed by atoms with Gasteiger partial charge in [0, 0.05) is 5.87 Å². The second kappa shape index (κ2) is 0.911. The molecule has 0 saturated carbocycles. The molecule has 2 heteroatoms. The molecule has 0 aliphatic carbocycles. The van der Waals surface area contributed by atoms with Gasteiger partial charge in [-0.2, -0.15) is 0 Å². The van der Waals surface area contributed by atoms with Gasteiger partial charge in [-0.15, -0.1) is 5.10 Å². The van der Waals surface area contributed by atoms with Crippen LogP contribution >= 0.6 is 0 Å². The minimum absolute atomic E-state index is 0.847. The van der Waals surface area contributed by atoms with Crippen LogP contribution in [0.15, 0.2) is 11.2 Å². The van der Waals surface area contributed by atoms with Crippen molar-refractivity contribution < 1.29 is 0 Å². The molecule has 0 aromatic heterocycles. The van der Waals surface area contributed by atoms with Crippen molar-refractivity contribution in [3.63, 3.8) is 0 Å². The SMILES string of the molecule is C1=CCNN=1. The molecule has 5 heavy (non-hydrogen) atoms. The summed E-state index contributed by atoms with van der Waals surface area (Å²) in [6.07, 6.45) is 1.83. The van der Waals surface area contributed by atoms with E-state index in [4.69, 9.17) is 0 Å². The van der Waals surface area contributed by atoms with Crippen molar-refractivity contribution in [2.75, 3.05) is 6.54 Å². The van der Waals surface area contributed by atoms with Gasteiger partial charge in [0.1, 0.15) is 0 Å². The highest BCUT2D eigenvalue weighted by Gasteiger charge is 1.73. The highest BCUT2D eigenvalue weighted by molar-refractivity contribution is 5.53. The highest BCUT2D eigenvalue weighted by Crippen LogP contribution is 1.63. The van der Waals surface area contributed by atoms with Crippen LogP contribution in [0.3, 0.4) is 0 Å². The minimum atomic E-state index is 0.847. The van der Waals surface area contributed by atoms with E-state index in [9.17, 15) is 0 Å². The number of nitrogens with one attached hydrogen (secondary N) is 1. The van der Waals surface area contributed by atoms with E-state index >= 15 is 0 Å². The number of hydrogen-bond acceptors (Lipinski definition) is 2.